The zero-order valence-electron chi connectivity index (χ0n) is 12.3. The number of benzene rings is 2. The zero-order valence-corrected chi connectivity index (χ0v) is 13.1. The van der Waals surface area contributed by atoms with E-state index in [1.807, 2.05) is 60.7 Å². The Kier molecular flexibility index (Phi) is 4.53. The number of nitro groups is 1. The van der Waals surface area contributed by atoms with E-state index in [0.717, 1.165) is 17.6 Å². The van der Waals surface area contributed by atoms with E-state index in [4.69, 9.17) is 11.6 Å². The Bertz CT molecular complexity index is 806. The van der Waals surface area contributed by atoms with Crippen molar-refractivity contribution >= 4 is 34.5 Å². The molecule has 3 rings (SSSR count). The quantitative estimate of drug-likeness (QED) is 0.425. The molecule has 0 aliphatic heterocycles. The van der Waals surface area contributed by atoms with Gasteiger partial charge in [-0.05, 0) is 35.9 Å². The monoisotopic (exact) mass is 341 g/mol. The first kappa shape index (κ1) is 15.7. The predicted octanol–water partition coefficient (Wildman–Crippen LogP) is 4.20. The molecule has 1 aromatic heterocycles. The van der Waals surface area contributed by atoms with Crippen LogP contribution < -0.4 is 10.4 Å². The van der Waals surface area contributed by atoms with Crippen LogP contribution in [0.1, 0.15) is 0 Å². The van der Waals surface area contributed by atoms with Gasteiger partial charge in [-0.2, -0.15) is 4.98 Å². The van der Waals surface area contributed by atoms with Gasteiger partial charge >= 0.3 is 5.69 Å². The molecule has 0 radical (unpaired) electrons. The van der Waals surface area contributed by atoms with Crippen molar-refractivity contribution < 1.29 is 4.92 Å². The highest BCUT2D eigenvalue weighted by Gasteiger charge is 2.20. The lowest BCUT2D eigenvalue weighted by Gasteiger charge is -2.25. The zero-order chi connectivity index (χ0) is 16.9. The summed E-state index contributed by atoms with van der Waals surface area (Å²) >= 11 is 5.79. The number of hydrogen-bond acceptors (Lipinski definition) is 6. The number of halogens is 1. The number of rotatable bonds is 5. The third-order valence-electron chi connectivity index (χ3n) is 3.18. The second kappa shape index (κ2) is 6.93. The van der Waals surface area contributed by atoms with Gasteiger partial charge in [0.25, 0.3) is 0 Å². The van der Waals surface area contributed by atoms with Crippen LogP contribution in [0.25, 0.3) is 0 Å². The maximum absolute atomic E-state index is 11.2. The van der Waals surface area contributed by atoms with Crippen molar-refractivity contribution in [2.24, 2.45) is 0 Å². The van der Waals surface area contributed by atoms with Crippen LogP contribution in [0.15, 0.2) is 66.9 Å². The van der Waals surface area contributed by atoms with E-state index in [1.165, 1.54) is 0 Å². The highest BCUT2D eigenvalue weighted by Crippen LogP contribution is 2.29. The number of nitrogens with zero attached hydrogens (tertiary/aromatic N) is 4. The second-order valence-corrected chi connectivity index (χ2v) is 5.09. The Morgan fingerprint density at radius 2 is 1.54 bits per heavy atom. The average Bonchev–Trinajstić information content (AvgIpc) is 2.61. The Morgan fingerprint density at radius 1 is 1.00 bits per heavy atom. The lowest BCUT2D eigenvalue weighted by Crippen LogP contribution is -2.25. The third-order valence-corrected chi connectivity index (χ3v) is 3.37. The molecule has 3 aromatic rings. The van der Waals surface area contributed by atoms with Crippen LogP contribution in [0.3, 0.4) is 0 Å². The van der Waals surface area contributed by atoms with Gasteiger partial charge in [0.15, 0.2) is 0 Å². The third kappa shape index (κ3) is 3.41. The van der Waals surface area contributed by atoms with Crippen LogP contribution in [-0.2, 0) is 0 Å². The molecule has 0 fully saturated rings. The van der Waals surface area contributed by atoms with Gasteiger partial charge in [-0.1, -0.05) is 36.4 Å². The van der Waals surface area contributed by atoms with Crippen molar-refractivity contribution in [1.29, 1.82) is 0 Å². The number of para-hydroxylation sites is 2. The normalized spacial score (nSPS) is 10.2. The summed E-state index contributed by atoms with van der Waals surface area (Å²) in [6.45, 7) is 0. The summed E-state index contributed by atoms with van der Waals surface area (Å²) in [5.74, 6) is 0.00714. The van der Waals surface area contributed by atoms with Crippen LogP contribution in [-0.4, -0.2) is 14.9 Å². The minimum absolute atomic E-state index is 0.00714. The number of hydrogen-bond donors (Lipinski definition) is 1. The number of nitrogens with one attached hydrogen (secondary N) is 1. The Labute approximate surface area is 142 Å². The molecule has 0 aliphatic carbocycles. The molecule has 7 nitrogen and oxygen atoms in total. The van der Waals surface area contributed by atoms with Crippen molar-refractivity contribution in [3.8, 4) is 0 Å². The minimum Gasteiger partial charge on any atom is -0.271 e. The molecule has 0 spiro atoms. The van der Waals surface area contributed by atoms with E-state index >= 15 is 0 Å². The molecule has 1 heterocycles. The summed E-state index contributed by atoms with van der Waals surface area (Å²) in [4.78, 5) is 18.3. The molecular weight excluding hydrogens is 330 g/mol. The molecule has 0 atom stereocenters. The van der Waals surface area contributed by atoms with Gasteiger partial charge in [0.05, 0.1) is 16.3 Å². The number of hydrazine groups is 1. The smallest absolute Gasteiger partial charge is 0.271 e. The van der Waals surface area contributed by atoms with E-state index in [9.17, 15) is 10.1 Å². The lowest BCUT2D eigenvalue weighted by atomic mass is 10.2. The number of aromatic nitrogens is 2. The van der Waals surface area contributed by atoms with Gasteiger partial charge in [0.2, 0.25) is 11.1 Å². The highest BCUT2D eigenvalue weighted by atomic mass is 35.5. The van der Waals surface area contributed by atoms with Crippen molar-refractivity contribution in [1.82, 2.24) is 9.97 Å². The molecule has 0 amide bonds. The molecule has 0 saturated carbocycles. The first-order chi connectivity index (χ1) is 11.6. The summed E-state index contributed by atoms with van der Waals surface area (Å²) < 4.78 is 0. The molecular formula is C16H12ClN5O2. The van der Waals surface area contributed by atoms with Gasteiger partial charge in [0.1, 0.15) is 6.20 Å². The first-order valence-corrected chi connectivity index (χ1v) is 7.37. The molecule has 2 aromatic carbocycles. The Hall–Kier alpha value is -3.19. The van der Waals surface area contributed by atoms with Gasteiger partial charge in [-0.25, -0.2) is 4.98 Å². The molecule has 1 N–H and O–H groups in total. The van der Waals surface area contributed by atoms with E-state index in [2.05, 4.69) is 15.4 Å². The van der Waals surface area contributed by atoms with Crippen molar-refractivity contribution in [2.75, 3.05) is 10.4 Å². The largest absolute Gasteiger partial charge is 0.331 e. The lowest BCUT2D eigenvalue weighted by molar-refractivity contribution is -0.384. The van der Waals surface area contributed by atoms with E-state index in [1.54, 1.807) is 5.01 Å². The van der Waals surface area contributed by atoms with E-state index in [0.29, 0.717) is 0 Å². The summed E-state index contributed by atoms with van der Waals surface area (Å²) in [6.07, 6.45) is 1.08. The second-order valence-electron chi connectivity index (χ2n) is 4.75. The summed E-state index contributed by atoms with van der Waals surface area (Å²) in [7, 11) is 0. The van der Waals surface area contributed by atoms with Crippen LogP contribution in [0.4, 0.5) is 22.9 Å². The van der Waals surface area contributed by atoms with E-state index < -0.39 is 4.92 Å². The van der Waals surface area contributed by atoms with Crippen molar-refractivity contribution in [3.63, 3.8) is 0 Å². The van der Waals surface area contributed by atoms with Crippen LogP contribution in [0.2, 0.25) is 5.28 Å². The average molecular weight is 342 g/mol. The number of anilines is 3. The summed E-state index contributed by atoms with van der Waals surface area (Å²) in [5.41, 5.74) is 4.26. The topological polar surface area (TPSA) is 84.2 Å². The molecule has 8 heteroatoms. The fourth-order valence-electron chi connectivity index (χ4n) is 2.11. The minimum atomic E-state index is -0.563. The molecule has 120 valence electrons. The Morgan fingerprint density at radius 3 is 2.04 bits per heavy atom. The van der Waals surface area contributed by atoms with Gasteiger partial charge < -0.3 is 0 Å². The maximum atomic E-state index is 11.2. The maximum Gasteiger partial charge on any atom is 0.331 e. The van der Waals surface area contributed by atoms with Crippen LogP contribution in [0, 0.1) is 10.1 Å². The molecule has 0 saturated heterocycles. The molecule has 0 bridgehead atoms. The Balaban J connectivity index is 2.05. The van der Waals surface area contributed by atoms with Crippen molar-refractivity contribution in [2.45, 2.75) is 0 Å². The fourth-order valence-corrected chi connectivity index (χ4v) is 2.24. The van der Waals surface area contributed by atoms with Crippen LogP contribution in [0.5, 0.6) is 0 Å². The van der Waals surface area contributed by atoms with E-state index in [-0.39, 0.29) is 16.8 Å². The summed E-state index contributed by atoms with van der Waals surface area (Å²) in [6, 6.07) is 18.7. The van der Waals surface area contributed by atoms with Crippen LogP contribution >= 0.6 is 11.6 Å². The standard InChI is InChI=1S/C16H12ClN5O2/c17-16-18-11-14(22(23)24)15(19-16)20-21(12-7-3-1-4-8-12)13-9-5-2-6-10-13/h1-11H,(H,18,19,20). The highest BCUT2D eigenvalue weighted by molar-refractivity contribution is 6.28. The van der Waals surface area contributed by atoms with Gasteiger partial charge in [-0.15, -0.1) is 0 Å². The molecule has 0 aliphatic rings. The summed E-state index contributed by atoms with van der Waals surface area (Å²) in [5, 5.41) is 12.8. The van der Waals surface area contributed by atoms with Crippen molar-refractivity contribution in [3.05, 3.63) is 82.3 Å². The van der Waals surface area contributed by atoms with Gasteiger partial charge in [0, 0.05) is 0 Å². The molecule has 0 unspecified atom stereocenters. The van der Waals surface area contributed by atoms with Gasteiger partial charge in [-0.3, -0.25) is 20.5 Å². The SMILES string of the molecule is O=[N+]([O-])c1cnc(Cl)nc1NN(c1ccccc1)c1ccccc1. The fraction of sp³-hybridized carbons (Fsp3) is 0. The predicted molar refractivity (Wildman–Crippen MR) is 92.3 cm³/mol. The molecule has 24 heavy (non-hydrogen) atoms. The first-order valence-electron chi connectivity index (χ1n) is 6.99.